The number of nitro groups is 1. The molecule has 0 spiro atoms. The molecule has 0 saturated carbocycles. The zero-order valence-electron chi connectivity index (χ0n) is 12.6. The van der Waals surface area contributed by atoms with E-state index in [0.717, 1.165) is 5.56 Å². The van der Waals surface area contributed by atoms with E-state index in [1.807, 2.05) is 30.3 Å². The number of amides is 1. The number of hydrogen-bond acceptors (Lipinski definition) is 5. The van der Waals surface area contributed by atoms with Gasteiger partial charge < -0.3 is 10.6 Å². The number of rotatable bonds is 6. The fourth-order valence-electron chi connectivity index (χ4n) is 1.89. The molecule has 7 nitrogen and oxygen atoms in total. The summed E-state index contributed by atoms with van der Waals surface area (Å²) in [4.78, 5) is 22.2. The molecule has 0 aliphatic rings. The maximum atomic E-state index is 12.0. The Labute approximate surface area is 138 Å². The van der Waals surface area contributed by atoms with Crippen LogP contribution in [0.2, 0.25) is 0 Å². The van der Waals surface area contributed by atoms with Crippen LogP contribution in [-0.4, -0.2) is 10.8 Å². The van der Waals surface area contributed by atoms with E-state index >= 15 is 0 Å². The lowest BCUT2D eigenvalue weighted by molar-refractivity contribution is -0.384. The molecule has 0 aliphatic carbocycles. The molecule has 0 aromatic heterocycles. The van der Waals surface area contributed by atoms with Crippen LogP contribution in [0, 0.1) is 21.4 Å². The molecule has 24 heavy (non-hydrogen) atoms. The van der Waals surface area contributed by atoms with Gasteiger partial charge >= 0.3 is 0 Å². The van der Waals surface area contributed by atoms with Crippen LogP contribution < -0.4 is 10.6 Å². The third kappa shape index (κ3) is 4.68. The maximum Gasteiger partial charge on any atom is 0.271 e. The highest BCUT2D eigenvalue weighted by Gasteiger charge is 2.09. The van der Waals surface area contributed by atoms with Gasteiger partial charge in [0.25, 0.3) is 11.6 Å². The largest absolute Gasteiger partial charge is 0.360 e. The second-order valence-corrected chi connectivity index (χ2v) is 4.79. The molecule has 120 valence electrons. The summed E-state index contributed by atoms with van der Waals surface area (Å²) < 4.78 is 0. The molecule has 0 aliphatic heterocycles. The first kappa shape index (κ1) is 16.7. The van der Waals surface area contributed by atoms with Gasteiger partial charge in [-0.25, -0.2) is 0 Å². The van der Waals surface area contributed by atoms with Gasteiger partial charge in [-0.3, -0.25) is 14.9 Å². The van der Waals surface area contributed by atoms with Crippen molar-refractivity contribution in [2.75, 3.05) is 5.32 Å². The molecular weight excluding hydrogens is 308 g/mol. The minimum absolute atomic E-state index is 0.0829. The number of nitrogens with zero attached hydrogens (tertiary/aromatic N) is 2. The van der Waals surface area contributed by atoms with Gasteiger partial charge in [0.05, 0.1) is 4.92 Å². The van der Waals surface area contributed by atoms with Crippen molar-refractivity contribution < 1.29 is 9.72 Å². The van der Waals surface area contributed by atoms with Crippen LogP contribution in [0.25, 0.3) is 0 Å². The van der Waals surface area contributed by atoms with Crippen LogP contribution in [0.5, 0.6) is 0 Å². The number of benzene rings is 2. The Kier molecular flexibility index (Phi) is 5.64. The average Bonchev–Trinajstić information content (AvgIpc) is 2.61. The number of non-ortho nitro benzene ring substituents is 1. The van der Waals surface area contributed by atoms with Crippen molar-refractivity contribution in [1.29, 1.82) is 5.26 Å². The van der Waals surface area contributed by atoms with E-state index in [9.17, 15) is 14.9 Å². The lowest BCUT2D eigenvalue weighted by atomic mass is 10.2. The van der Waals surface area contributed by atoms with E-state index in [1.165, 1.54) is 24.4 Å². The lowest BCUT2D eigenvalue weighted by Gasteiger charge is -2.05. The quantitative estimate of drug-likeness (QED) is 0.368. The van der Waals surface area contributed by atoms with Gasteiger partial charge in [0.1, 0.15) is 11.6 Å². The summed E-state index contributed by atoms with van der Waals surface area (Å²) in [5.74, 6) is -0.528. The first-order chi connectivity index (χ1) is 11.6. The third-order valence-electron chi connectivity index (χ3n) is 3.10. The predicted octanol–water partition coefficient (Wildman–Crippen LogP) is 2.73. The lowest BCUT2D eigenvalue weighted by Crippen LogP contribution is -2.24. The first-order valence-electron chi connectivity index (χ1n) is 7.03. The Hall–Kier alpha value is -3.66. The van der Waals surface area contributed by atoms with Crippen LogP contribution in [0.15, 0.2) is 66.4 Å². The minimum atomic E-state index is -0.528. The van der Waals surface area contributed by atoms with E-state index in [4.69, 9.17) is 5.26 Å². The molecule has 1 amide bonds. The Morgan fingerprint density at radius 2 is 1.96 bits per heavy atom. The molecule has 2 aromatic rings. The summed E-state index contributed by atoms with van der Waals surface area (Å²) in [6.07, 6.45) is 1.22. The number of hydrogen-bond donors (Lipinski definition) is 2. The number of nitro benzene ring substituents is 1. The smallest absolute Gasteiger partial charge is 0.271 e. The maximum absolute atomic E-state index is 12.0. The van der Waals surface area contributed by atoms with Gasteiger partial charge in [0.2, 0.25) is 0 Å². The highest BCUT2D eigenvalue weighted by atomic mass is 16.6. The van der Waals surface area contributed by atoms with E-state index in [-0.39, 0.29) is 11.3 Å². The van der Waals surface area contributed by atoms with Crippen molar-refractivity contribution in [1.82, 2.24) is 5.32 Å². The summed E-state index contributed by atoms with van der Waals surface area (Å²) in [5, 5.41) is 25.2. The van der Waals surface area contributed by atoms with Crippen molar-refractivity contribution in [3.63, 3.8) is 0 Å². The molecule has 7 heteroatoms. The monoisotopic (exact) mass is 322 g/mol. The van der Waals surface area contributed by atoms with Gasteiger partial charge in [0, 0.05) is 30.6 Å². The molecule has 0 bridgehead atoms. The summed E-state index contributed by atoms with van der Waals surface area (Å²) in [7, 11) is 0. The zero-order valence-corrected chi connectivity index (χ0v) is 12.6. The molecule has 0 radical (unpaired) electrons. The number of nitrogens with one attached hydrogen (secondary N) is 2. The Balaban J connectivity index is 2.01. The van der Waals surface area contributed by atoms with Crippen molar-refractivity contribution in [2.45, 2.75) is 6.54 Å². The van der Waals surface area contributed by atoms with Crippen molar-refractivity contribution in [3.05, 3.63) is 82.0 Å². The molecule has 0 heterocycles. The number of carbonyl (C=O) groups is 1. The molecule has 0 fully saturated rings. The molecule has 2 aromatic carbocycles. The highest BCUT2D eigenvalue weighted by Crippen LogP contribution is 2.17. The van der Waals surface area contributed by atoms with Crippen LogP contribution in [0.1, 0.15) is 5.56 Å². The van der Waals surface area contributed by atoms with Crippen molar-refractivity contribution >= 4 is 17.3 Å². The van der Waals surface area contributed by atoms with Crippen LogP contribution >= 0.6 is 0 Å². The second-order valence-electron chi connectivity index (χ2n) is 4.79. The molecule has 2 N–H and O–H groups in total. The summed E-state index contributed by atoms with van der Waals surface area (Å²) >= 11 is 0. The topological polar surface area (TPSA) is 108 Å². The molecule has 0 saturated heterocycles. The van der Waals surface area contributed by atoms with Gasteiger partial charge in [-0.15, -0.1) is 0 Å². The van der Waals surface area contributed by atoms with Crippen LogP contribution in [0.4, 0.5) is 11.4 Å². The zero-order chi connectivity index (χ0) is 17.4. The Morgan fingerprint density at radius 3 is 2.62 bits per heavy atom. The first-order valence-corrected chi connectivity index (χ1v) is 7.03. The van der Waals surface area contributed by atoms with E-state index < -0.39 is 10.8 Å². The SMILES string of the molecule is N#C/C(=C/Nc1cccc([N+](=O)[O-])c1)C(=O)NCc1ccccc1. The standard InChI is InChI=1S/C17H14N4O3/c18-10-14(17(22)20-11-13-5-2-1-3-6-13)12-19-15-7-4-8-16(9-15)21(23)24/h1-9,12,19H,11H2,(H,20,22)/b14-12-. The van der Waals surface area contributed by atoms with Crippen LogP contribution in [0.3, 0.4) is 0 Å². The number of nitriles is 1. The minimum Gasteiger partial charge on any atom is -0.360 e. The van der Waals surface area contributed by atoms with Gasteiger partial charge in [-0.1, -0.05) is 36.4 Å². The highest BCUT2D eigenvalue weighted by molar-refractivity contribution is 5.97. The van der Waals surface area contributed by atoms with Gasteiger partial charge in [-0.05, 0) is 11.6 Å². The summed E-state index contributed by atoms with van der Waals surface area (Å²) in [6, 6.07) is 16.9. The summed E-state index contributed by atoms with van der Waals surface area (Å²) in [6.45, 7) is 0.301. The van der Waals surface area contributed by atoms with E-state index in [1.54, 1.807) is 12.1 Å². The Morgan fingerprint density at radius 1 is 1.21 bits per heavy atom. The summed E-state index contributed by atoms with van der Waals surface area (Å²) in [5.41, 5.74) is 1.11. The number of anilines is 1. The average molecular weight is 322 g/mol. The fraction of sp³-hybridized carbons (Fsp3) is 0.0588. The van der Waals surface area contributed by atoms with Gasteiger partial charge in [0.15, 0.2) is 0 Å². The third-order valence-corrected chi connectivity index (χ3v) is 3.10. The fourth-order valence-corrected chi connectivity index (χ4v) is 1.89. The van der Waals surface area contributed by atoms with Crippen molar-refractivity contribution in [3.8, 4) is 6.07 Å². The van der Waals surface area contributed by atoms with Gasteiger partial charge in [-0.2, -0.15) is 5.26 Å². The predicted molar refractivity (Wildman–Crippen MR) is 88.7 cm³/mol. The second kappa shape index (κ2) is 8.10. The molecule has 0 unspecified atom stereocenters. The molecule has 2 rings (SSSR count). The van der Waals surface area contributed by atoms with E-state index in [0.29, 0.717) is 12.2 Å². The van der Waals surface area contributed by atoms with Crippen LogP contribution in [-0.2, 0) is 11.3 Å². The van der Waals surface area contributed by atoms with E-state index in [2.05, 4.69) is 10.6 Å². The normalized spacial score (nSPS) is 10.5. The van der Waals surface area contributed by atoms with Crippen molar-refractivity contribution in [2.24, 2.45) is 0 Å². The molecular formula is C17H14N4O3. The number of carbonyl (C=O) groups excluding carboxylic acids is 1. The Bertz CT molecular complexity index is 810. The molecule has 0 atom stereocenters.